The van der Waals surface area contributed by atoms with Crippen LogP contribution in [0.3, 0.4) is 0 Å². The summed E-state index contributed by atoms with van der Waals surface area (Å²) in [5.41, 5.74) is 8.96. The smallest absolute Gasteiger partial charge is 0.216 e. The molecule has 3 nitrogen and oxygen atoms in total. The van der Waals surface area contributed by atoms with Crippen LogP contribution >= 0.6 is 0 Å². The molecule has 0 amide bonds. The van der Waals surface area contributed by atoms with Gasteiger partial charge in [0.05, 0.1) is 5.56 Å². The van der Waals surface area contributed by atoms with Crippen LogP contribution in [0.4, 0.5) is 0 Å². The largest absolute Gasteiger partial charge is 0.455 e. The average Bonchev–Trinajstić information content (AvgIpc) is 3.08. The van der Waals surface area contributed by atoms with Gasteiger partial charge in [-0.1, -0.05) is 30.3 Å². The van der Waals surface area contributed by atoms with Crippen LogP contribution in [-0.4, -0.2) is 4.98 Å². The Morgan fingerprint density at radius 2 is 1.64 bits per heavy atom. The van der Waals surface area contributed by atoms with Crippen molar-refractivity contribution >= 4 is 21.9 Å². The van der Waals surface area contributed by atoms with Crippen LogP contribution in [0.1, 0.15) is 11.1 Å². The summed E-state index contributed by atoms with van der Waals surface area (Å²) in [5, 5.41) is 2.31. The van der Waals surface area contributed by atoms with Gasteiger partial charge >= 0.3 is 0 Å². The van der Waals surface area contributed by atoms with E-state index in [1.165, 1.54) is 22.3 Å². The van der Waals surface area contributed by atoms with Crippen molar-refractivity contribution in [2.24, 2.45) is 7.05 Å². The molecular weight excluding hydrogens is 344 g/mol. The number of aryl methyl sites for hydroxylation is 3. The number of aromatic nitrogens is 2. The maximum Gasteiger partial charge on any atom is 0.216 e. The van der Waals surface area contributed by atoms with Crippen LogP contribution in [0, 0.1) is 13.8 Å². The van der Waals surface area contributed by atoms with Crippen molar-refractivity contribution in [2.75, 3.05) is 0 Å². The van der Waals surface area contributed by atoms with Crippen molar-refractivity contribution in [1.29, 1.82) is 0 Å². The molecule has 0 atom stereocenters. The van der Waals surface area contributed by atoms with Gasteiger partial charge in [0, 0.05) is 34.8 Å². The second kappa shape index (κ2) is 6.31. The molecule has 28 heavy (non-hydrogen) atoms. The highest BCUT2D eigenvalue weighted by molar-refractivity contribution is 6.09. The molecule has 0 spiro atoms. The summed E-state index contributed by atoms with van der Waals surface area (Å²) >= 11 is 0. The molecule has 0 saturated carbocycles. The minimum atomic E-state index is 0.925. The normalized spacial score (nSPS) is 11.4. The molecule has 5 aromatic rings. The summed E-state index contributed by atoms with van der Waals surface area (Å²) in [4.78, 5) is 4.16. The highest BCUT2D eigenvalue weighted by atomic mass is 16.3. The predicted molar refractivity (Wildman–Crippen MR) is 113 cm³/mol. The van der Waals surface area contributed by atoms with Crippen molar-refractivity contribution in [3.05, 3.63) is 84.3 Å². The van der Waals surface area contributed by atoms with Gasteiger partial charge in [0.25, 0.3) is 0 Å². The molecule has 2 aromatic carbocycles. The average molecular weight is 365 g/mol. The molecule has 3 aromatic heterocycles. The second-order valence-corrected chi connectivity index (χ2v) is 7.33. The van der Waals surface area contributed by atoms with Gasteiger partial charge in [0.2, 0.25) is 5.69 Å². The maximum atomic E-state index is 6.33. The van der Waals surface area contributed by atoms with E-state index in [4.69, 9.17) is 4.42 Å². The van der Waals surface area contributed by atoms with E-state index >= 15 is 0 Å². The molecule has 0 aliphatic carbocycles. The summed E-state index contributed by atoms with van der Waals surface area (Å²) in [6.45, 7) is 4.29. The molecule has 3 heterocycles. The number of pyridine rings is 2. The molecule has 0 radical (unpaired) electrons. The Bertz CT molecular complexity index is 1330. The van der Waals surface area contributed by atoms with Gasteiger partial charge in [0.15, 0.2) is 6.20 Å². The Morgan fingerprint density at radius 1 is 0.857 bits per heavy atom. The summed E-state index contributed by atoms with van der Waals surface area (Å²) < 4.78 is 8.52. The summed E-state index contributed by atoms with van der Waals surface area (Å²) in [7, 11) is 2.10. The molecule has 3 heteroatoms. The minimum Gasteiger partial charge on any atom is -0.455 e. The van der Waals surface area contributed by atoms with E-state index in [0.29, 0.717) is 0 Å². The maximum absolute atomic E-state index is 6.33. The Kier molecular flexibility index (Phi) is 3.76. The van der Waals surface area contributed by atoms with E-state index in [2.05, 4.69) is 79.1 Å². The number of nitrogens with zero attached hydrogens (tertiary/aromatic N) is 2. The highest BCUT2D eigenvalue weighted by Crippen LogP contribution is 2.37. The second-order valence-electron chi connectivity index (χ2n) is 7.33. The number of para-hydroxylation sites is 1. The zero-order valence-electron chi connectivity index (χ0n) is 16.2. The summed E-state index contributed by atoms with van der Waals surface area (Å²) in [6.07, 6.45) is 5.87. The number of furan rings is 1. The number of rotatable bonds is 2. The third kappa shape index (κ3) is 2.51. The van der Waals surface area contributed by atoms with Crippen LogP contribution in [-0.2, 0) is 7.05 Å². The van der Waals surface area contributed by atoms with Crippen LogP contribution < -0.4 is 4.57 Å². The van der Waals surface area contributed by atoms with E-state index in [-0.39, 0.29) is 0 Å². The van der Waals surface area contributed by atoms with Crippen LogP contribution in [0.15, 0.2) is 77.6 Å². The fraction of sp³-hybridized carbons (Fsp3) is 0.120. The molecule has 0 aliphatic heterocycles. The quantitative estimate of drug-likeness (QED) is 0.373. The Labute approximate surface area is 163 Å². The Hall–Kier alpha value is -3.46. The molecule has 0 fully saturated rings. The zero-order valence-corrected chi connectivity index (χ0v) is 16.2. The van der Waals surface area contributed by atoms with Gasteiger partial charge < -0.3 is 4.42 Å². The molecule has 0 saturated heterocycles. The fourth-order valence-electron chi connectivity index (χ4n) is 4.08. The lowest BCUT2D eigenvalue weighted by molar-refractivity contribution is -0.660. The van der Waals surface area contributed by atoms with Crippen LogP contribution in [0.5, 0.6) is 0 Å². The first-order valence-corrected chi connectivity index (χ1v) is 9.45. The fourth-order valence-corrected chi connectivity index (χ4v) is 4.08. The van der Waals surface area contributed by atoms with Crippen molar-refractivity contribution in [3.8, 4) is 22.4 Å². The van der Waals surface area contributed by atoms with Crippen LogP contribution in [0.2, 0.25) is 0 Å². The number of fused-ring (bicyclic) bond motifs is 3. The molecule has 136 valence electrons. The first kappa shape index (κ1) is 16.7. The van der Waals surface area contributed by atoms with Crippen molar-refractivity contribution in [3.63, 3.8) is 0 Å². The van der Waals surface area contributed by atoms with Gasteiger partial charge in [-0.15, -0.1) is 0 Å². The van der Waals surface area contributed by atoms with Gasteiger partial charge in [-0.2, -0.15) is 0 Å². The predicted octanol–water partition coefficient (Wildman–Crippen LogP) is 5.76. The number of benzene rings is 2. The monoisotopic (exact) mass is 365 g/mol. The lowest BCUT2D eigenvalue weighted by Crippen LogP contribution is -2.31. The molecule has 0 bridgehead atoms. The van der Waals surface area contributed by atoms with Gasteiger partial charge in [-0.25, -0.2) is 4.57 Å². The van der Waals surface area contributed by atoms with Crippen molar-refractivity contribution in [2.45, 2.75) is 13.8 Å². The molecule has 0 unspecified atom stereocenters. The number of hydrogen-bond acceptors (Lipinski definition) is 2. The summed E-state index contributed by atoms with van der Waals surface area (Å²) in [5.74, 6) is 0. The Balaban J connectivity index is 1.84. The van der Waals surface area contributed by atoms with E-state index in [1.54, 1.807) is 0 Å². The van der Waals surface area contributed by atoms with E-state index < -0.39 is 0 Å². The van der Waals surface area contributed by atoms with Crippen molar-refractivity contribution in [1.82, 2.24) is 4.98 Å². The SMILES string of the molecule is Cc1c[n+](C)c(-c2c(C)ccc3c2oc2ccccc23)cc1-c1ccncc1. The van der Waals surface area contributed by atoms with Gasteiger partial charge in [0.1, 0.15) is 18.2 Å². The molecule has 0 N–H and O–H groups in total. The third-order valence-electron chi connectivity index (χ3n) is 5.48. The standard InChI is InChI=1S/C25H21N2O/c1-16-8-9-20-19-6-4-5-7-23(19)28-25(20)24(16)22-14-21(17(2)15-27(22)3)18-10-12-26-13-11-18/h4-15H,1-3H3/q+1. The first-order valence-electron chi connectivity index (χ1n) is 9.45. The minimum absolute atomic E-state index is 0.925. The third-order valence-corrected chi connectivity index (χ3v) is 5.48. The van der Waals surface area contributed by atoms with Gasteiger partial charge in [-0.3, -0.25) is 4.98 Å². The summed E-state index contributed by atoms with van der Waals surface area (Å²) in [6, 6.07) is 19.0. The van der Waals surface area contributed by atoms with E-state index in [1.807, 2.05) is 24.5 Å². The lowest BCUT2D eigenvalue weighted by atomic mass is 9.96. The van der Waals surface area contributed by atoms with Crippen molar-refractivity contribution < 1.29 is 8.98 Å². The number of hydrogen-bond donors (Lipinski definition) is 0. The highest BCUT2D eigenvalue weighted by Gasteiger charge is 2.22. The molecule has 5 rings (SSSR count). The first-order chi connectivity index (χ1) is 13.6. The zero-order chi connectivity index (χ0) is 19.3. The Morgan fingerprint density at radius 3 is 2.46 bits per heavy atom. The molecule has 0 aliphatic rings. The van der Waals surface area contributed by atoms with Gasteiger partial charge in [-0.05, 0) is 48.7 Å². The topological polar surface area (TPSA) is 29.9 Å². The molecular formula is C25H21N2O+. The van der Waals surface area contributed by atoms with E-state index in [9.17, 15) is 0 Å². The lowest BCUT2D eigenvalue weighted by Gasteiger charge is -2.10. The van der Waals surface area contributed by atoms with Crippen LogP contribution in [0.25, 0.3) is 44.3 Å². The van der Waals surface area contributed by atoms with E-state index in [0.717, 1.165) is 33.2 Å².